The van der Waals surface area contributed by atoms with Crippen molar-refractivity contribution in [2.45, 2.75) is 24.8 Å². The van der Waals surface area contributed by atoms with Crippen molar-refractivity contribution in [3.05, 3.63) is 35.4 Å². The van der Waals surface area contributed by atoms with Crippen molar-refractivity contribution in [1.29, 1.82) is 0 Å². The number of nitrogens with one attached hydrogen (secondary N) is 1. The quantitative estimate of drug-likeness (QED) is 0.828. The molecule has 0 aliphatic carbocycles. The predicted octanol–water partition coefficient (Wildman–Crippen LogP) is 1.91. The Kier molecular flexibility index (Phi) is 2.78. The molecule has 0 aromatic heterocycles. The molecule has 2 saturated heterocycles. The van der Waals surface area contributed by atoms with Crippen LogP contribution in [0.1, 0.15) is 23.4 Å². The molecule has 2 aliphatic heterocycles. The van der Waals surface area contributed by atoms with Gasteiger partial charge in [-0.05, 0) is 17.5 Å². The highest BCUT2D eigenvalue weighted by atomic mass is 32.2. The lowest BCUT2D eigenvalue weighted by atomic mass is 10.1. The van der Waals surface area contributed by atoms with Crippen molar-refractivity contribution in [1.82, 2.24) is 10.2 Å². The summed E-state index contributed by atoms with van der Waals surface area (Å²) in [6.45, 7) is 2.11. The maximum Gasteiger partial charge on any atom is 0.326 e. The summed E-state index contributed by atoms with van der Waals surface area (Å²) in [5.74, 6) is 0.512. The number of fused-ring (bicyclic) bond motifs is 1. The summed E-state index contributed by atoms with van der Waals surface area (Å²) in [6.07, 6.45) is 1.00. The van der Waals surface area contributed by atoms with E-state index in [1.807, 2.05) is 0 Å². The van der Waals surface area contributed by atoms with Crippen LogP contribution in [0.25, 0.3) is 0 Å². The summed E-state index contributed by atoms with van der Waals surface area (Å²) in [5, 5.41) is 2.34. The maximum atomic E-state index is 11.8. The lowest BCUT2D eigenvalue weighted by molar-refractivity contribution is -0.120. The first-order chi connectivity index (χ1) is 8.70. The molecule has 2 heterocycles. The molecule has 0 radical (unpaired) electrons. The number of aryl methyl sites for hydroxylation is 1. The van der Waals surface area contributed by atoms with Crippen molar-refractivity contribution in [3.8, 4) is 0 Å². The summed E-state index contributed by atoms with van der Waals surface area (Å²) in [6, 6.07) is 7.71. The number of nitrogens with zero attached hydrogens (tertiary/aromatic N) is 1. The molecule has 2 aliphatic rings. The Labute approximate surface area is 110 Å². The van der Waals surface area contributed by atoms with E-state index in [4.69, 9.17) is 0 Å². The minimum Gasteiger partial charge on any atom is -0.295 e. The van der Waals surface area contributed by atoms with Crippen LogP contribution in [-0.2, 0) is 11.2 Å². The molecular weight excluding hydrogens is 248 g/mol. The standard InChI is InChI=1S/C13H14N2O2S/c1-2-8-3-5-9(6-4-8)12-15-10(7-18-12)11(16)14-13(15)17/h3-6,10,12H,2,7H2,1H3,(H,14,16,17)/t10-,12?/m0/s1. The van der Waals surface area contributed by atoms with E-state index in [1.54, 1.807) is 16.7 Å². The number of benzene rings is 1. The molecule has 0 saturated carbocycles. The van der Waals surface area contributed by atoms with Gasteiger partial charge in [-0.3, -0.25) is 15.0 Å². The zero-order valence-corrected chi connectivity index (χ0v) is 10.9. The average molecular weight is 262 g/mol. The third kappa shape index (κ3) is 1.70. The maximum absolute atomic E-state index is 11.8. The number of urea groups is 1. The predicted molar refractivity (Wildman–Crippen MR) is 70.2 cm³/mol. The van der Waals surface area contributed by atoms with E-state index >= 15 is 0 Å². The highest BCUT2D eigenvalue weighted by molar-refractivity contribution is 7.99. The number of imide groups is 1. The SMILES string of the molecule is CCc1ccc(C2SC[C@H]3C(=O)NC(=O)N23)cc1. The van der Waals surface area contributed by atoms with Gasteiger partial charge >= 0.3 is 6.03 Å². The Balaban J connectivity index is 1.88. The fraction of sp³-hybridized carbons (Fsp3) is 0.385. The first kappa shape index (κ1) is 11.6. The minimum absolute atomic E-state index is 0.0349. The van der Waals surface area contributed by atoms with Gasteiger partial charge in [-0.25, -0.2) is 4.79 Å². The van der Waals surface area contributed by atoms with Gasteiger partial charge < -0.3 is 0 Å². The van der Waals surface area contributed by atoms with Crippen LogP contribution < -0.4 is 5.32 Å². The third-order valence-corrected chi connectivity index (χ3v) is 4.76. The van der Waals surface area contributed by atoms with Crippen LogP contribution in [0.5, 0.6) is 0 Å². The topological polar surface area (TPSA) is 49.4 Å². The molecule has 5 heteroatoms. The molecule has 1 aromatic rings. The summed E-state index contributed by atoms with van der Waals surface area (Å²) >= 11 is 1.65. The van der Waals surface area contributed by atoms with Crippen LogP contribution in [0.2, 0.25) is 0 Å². The zero-order valence-electron chi connectivity index (χ0n) is 10.1. The molecule has 1 N–H and O–H groups in total. The Morgan fingerprint density at radius 1 is 1.33 bits per heavy atom. The fourth-order valence-electron chi connectivity index (χ4n) is 2.38. The average Bonchev–Trinajstić information content (AvgIpc) is 2.93. The van der Waals surface area contributed by atoms with Gasteiger partial charge in [0.15, 0.2) is 0 Å². The molecule has 2 atom stereocenters. The van der Waals surface area contributed by atoms with Gasteiger partial charge in [-0.1, -0.05) is 31.2 Å². The first-order valence-corrected chi connectivity index (χ1v) is 7.09. The highest BCUT2D eigenvalue weighted by Crippen LogP contribution is 2.43. The van der Waals surface area contributed by atoms with Crippen molar-refractivity contribution >= 4 is 23.7 Å². The van der Waals surface area contributed by atoms with Gasteiger partial charge in [0.1, 0.15) is 11.4 Å². The number of rotatable bonds is 2. The number of amides is 3. The second-order valence-corrected chi connectivity index (χ2v) is 5.61. The summed E-state index contributed by atoms with van der Waals surface area (Å²) in [7, 11) is 0. The van der Waals surface area contributed by atoms with Crippen LogP contribution >= 0.6 is 11.8 Å². The second-order valence-electron chi connectivity index (χ2n) is 4.50. The summed E-state index contributed by atoms with van der Waals surface area (Å²) in [4.78, 5) is 25.0. The van der Waals surface area contributed by atoms with E-state index in [1.165, 1.54) is 5.56 Å². The normalized spacial score (nSPS) is 26.4. The zero-order chi connectivity index (χ0) is 12.7. The number of carbonyl (C=O) groups excluding carboxylic acids is 2. The molecule has 0 bridgehead atoms. The van der Waals surface area contributed by atoms with Gasteiger partial charge in [-0.15, -0.1) is 11.8 Å². The molecule has 1 unspecified atom stereocenters. The highest BCUT2D eigenvalue weighted by Gasteiger charge is 2.47. The Hall–Kier alpha value is -1.49. The molecule has 3 rings (SSSR count). The van der Waals surface area contributed by atoms with Gasteiger partial charge in [0.2, 0.25) is 0 Å². The van der Waals surface area contributed by atoms with Crippen LogP contribution in [0.3, 0.4) is 0 Å². The molecular formula is C13H14N2O2S. The monoisotopic (exact) mass is 262 g/mol. The van der Waals surface area contributed by atoms with Gasteiger partial charge in [0.05, 0.1) is 0 Å². The van der Waals surface area contributed by atoms with Crippen LogP contribution in [0.4, 0.5) is 4.79 Å². The minimum atomic E-state index is -0.293. The molecule has 3 amide bonds. The number of hydrogen-bond acceptors (Lipinski definition) is 3. The number of carbonyl (C=O) groups is 2. The van der Waals surface area contributed by atoms with E-state index in [9.17, 15) is 9.59 Å². The van der Waals surface area contributed by atoms with Crippen molar-refractivity contribution in [2.24, 2.45) is 0 Å². The van der Waals surface area contributed by atoms with E-state index in [2.05, 4.69) is 36.5 Å². The van der Waals surface area contributed by atoms with E-state index in [-0.39, 0.29) is 23.4 Å². The Morgan fingerprint density at radius 2 is 2.06 bits per heavy atom. The molecule has 18 heavy (non-hydrogen) atoms. The number of thioether (sulfide) groups is 1. The second kappa shape index (κ2) is 4.31. The van der Waals surface area contributed by atoms with E-state index in [0.29, 0.717) is 5.75 Å². The van der Waals surface area contributed by atoms with Crippen molar-refractivity contribution in [3.63, 3.8) is 0 Å². The van der Waals surface area contributed by atoms with Gasteiger partial charge in [0.25, 0.3) is 5.91 Å². The van der Waals surface area contributed by atoms with Crippen LogP contribution in [0, 0.1) is 0 Å². The largest absolute Gasteiger partial charge is 0.326 e. The van der Waals surface area contributed by atoms with Crippen LogP contribution in [-0.4, -0.2) is 28.6 Å². The fourth-order valence-corrected chi connectivity index (χ4v) is 3.81. The van der Waals surface area contributed by atoms with Gasteiger partial charge in [-0.2, -0.15) is 0 Å². The van der Waals surface area contributed by atoms with Crippen molar-refractivity contribution in [2.75, 3.05) is 5.75 Å². The van der Waals surface area contributed by atoms with Crippen LogP contribution in [0.15, 0.2) is 24.3 Å². The molecule has 4 nitrogen and oxygen atoms in total. The van der Waals surface area contributed by atoms with Gasteiger partial charge in [0, 0.05) is 5.75 Å². The third-order valence-electron chi connectivity index (χ3n) is 3.44. The lowest BCUT2D eigenvalue weighted by Crippen LogP contribution is -2.32. The number of hydrogen-bond donors (Lipinski definition) is 1. The lowest BCUT2D eigenvalue weighted by Gasteiger charge is -2.21. The van der Waals surface area contributed by atoms with E-state index in [0.717, 1.165) is 12.0 Å². The molecule has 94 valence electrons. The Morgan fingerprint density at radius 3 is 2.72 bits per heavy atom. The van der Waals surface area contributed by atoms with E-state index < -0.39 is 0 Å². The van der Waals surface area contributed by atoms with Crippen molar-refractivity contribution < 1.29 is 9.59 Å². The molecule has 0 spiro atoms. The molecule has 2 fully saturated rings. The Bertz CT molecular complexity index is 500. The smallest absolute Gasteiger partial charge is 0.295 e. The summed E-state index contributed by atoms with van der Waals surface area (Å²) < 4.78 is 0. The first-order valence-electron chi connectivity index (χ1n) is 6.04. The summed E-state index contributed by atoms with van der Waals surface area (Å²) in [5.41, 5.74) is 2.37. The molecule has 1 aromatic carbocycles.